The van der Waals surface area contributed by atoms with Crippen LogP contribution in [0.3, 0.4) is 0 Å². The Kier molecular flexibility index (Phi) is 6.69. The molecule has 6 nitrogen and oxygen atoms in total. The van der Waals surface area contributed by atoms with Crippen molar-refractivity contribution in [1.29, 1.82) is 0 Å². The minimum absolute atomic E-state index is 0.150. The number of hydrogen-bond donors (Lipinski definition) is 4. The molecule has 0 saturated heterocycles. The van der Waals surface area contributed by atoms with Gasteiger partial charge < -0.3 is 5.32 Å². The summed E-state index contributed by atoms with van der Waals surface area (Å²) in [6.07, 6.45) is 3.36. The second-order valence-electron chi connectivity index (χ2n) is 4.21. The van der Waals surface area contributed by atoms with Crippen molar-refractivity contribution in [1.82, 2.24) is 10.7 Å². The van der Waals surface area contributed by atoms with Crippen molar-refractivity contribution in [2.24, 2.45) is 0 Å². The fourth-order valence-electron chi connectivity index (χ4n) is 1.46. The summed E-state index contributed by atoms with van der Waals surface area (Å²) in [7, 11) is -4.15. The molecule has 4 N–H and O–H groups in total. The van der Waals surface area contributed by atoms with Gasteiger partial charge in [-0.15, -0.1) is 0 Å². The van der Waals surface area contributed by atoms with Gasteiger partial charge in [-0.2, -0.15) is 8.42 Å². The van der Waals surface area contributed by atoms with E-state index in [1.165, 1.54) is 24.3 Å². The van der Waals surface area contributed by atoms with Gasteiger partial charge in [0.15, 0.2) is 5.11 Å². The van der Waals surface area contributed by atoms with Gasteiger partial charge in [-0.25, -0.2) is 0 Å². The topological polar surface area (TPSA) is 90.5 Å². The lowest BCUT2D eigenvalue weighted by Gasteiger charge is -2.12. The van der Waals surface area contributed by atoms with Crippen molar-refractivity contribution in [3.8, 4) is 0 Å². The van der Waals surface area contributed by atoms with E-state index in [9.17, 15) is 8.42 Å². The standard InChI is InChI=1S/C12H19N3O3S2/c1-2-3-4-9-13-12(19)15-14-10-5-7-11(8-6-10)20(16,17)18/h5-8,14H,2-4,9H2,1H3,(H2,13,15,19)(H,16,17,18). The molecule has 0 fully saturated rings. The zero-order chi connectivity index (χ0) is 15.0. The third-order valence-corrected chi connectivity index (χ3v) is 3.65. The minimum Gasteiger partial charge on any atom is -0.361 e. The van der Waals surface area contributed by atoms with E-state index in [1.54, 1.807) is 0 Å². The van der Waals surface area contributed by atoms with E-state index in [1.807, 2.05) is 0 Å². The summed E-state index contributed by atoms with van der Waals surface area (Å²) in [6, 6.07) is 5.65. The van der Waals surface area contributed by atoms with Gasteiger partial charge in [-0.3, -0.25) is 15.4 Å². The van der Waals surface area contributed by atoms with Gasteiger partial charge in [-0.1, -0.05) is 19.8 Å². The zero-order valence-corrected chi connectivity index (χ0v) is 12.9. The average molecular weight is 317 g/mol. The molecule has 0 amide bonds. The van der Waals surface area contributed by atoms with Gasteiger partial charge in [-0.05, 0) is 42.9 Å². The Morgan fingerprint density at radius 2 is 1.90 bits per heavy atom. The lowest BCUT2D eigenvalue weighted by molar-refractivity contribution is 0.483. The normalized spacial score (nSPS) is 10.9. The highest BCUT2D eigenvalue weighted by Crippen LogP contribution is 2.12. The maximum atomic E-state index is 10.9. The summed E-state index contributed by atoms with van der Waals surface area (Å²) in [5.41, 5.74) is 6.26. The van der Waals surface area contributed by atoms with E-state index in [0.717, 1.165) is 25.8 Å². The molecule has 0 spiro atoms. The van der Waals surface area contributed by atoms with Gasteiger partial charge in [0.2, 0.25) is 0 Å². The van der Waals surface area contributed by atoms with E-state index in [0.29, 0.717) is 10.8 Å². The van der Waals surface area contributed by atoms with Crippen LogP contribution in [0.1, 0.15) is 26.2 Å². The molecule has 0 radical (unpaired) electrons. The average Bonchev–Trinajstić information content (AvgIpc) is 2.41. The van der Waals surface area contributed by atoms with Crippen LogP contribution in [0, 0.1) is 0 Å². The van der Waals surface area contributed by atoms with E-state index >= 15 is 0 Å². The number of hydrazine groups is 1. The van der Waals surface area contributed by atoms with Gasteiger partial charge in [0.05, 0.1) is 10.6 Å². The van der Waals surface area contributed by atoms with Crippen LogP contribution in [-0.4, -0.2) is 24.6 Å². The van der Waals surface area contributed by atoms with Crippen LogP contribution in [0.15, 0.2) is 29.2 Å². The number of rotatable bonds is 7. The Morgan fingerprint density at radius 3 is 2.45 bits per heavy atom. The number of nitrogens with one attached hydrogen (secondary N) is 3. The van der Waals surface area contributed by atoms with Gasteiger partial charge in [0, 0.05) is 6.54 Å². The summed E-state index contributed by atoms with van der Waals surface area (Å²) < 4.78 is 30.6. The molecule has 0 saturated carbocycles. The van der Waals surface area contributed by atoms with Crippen LogP contribution >= 0.6 is 12.2 Å². The lowest BCUT2D eigenvalue weighted by Crippen LogP contribution is -2.39. The molecule has 1 rings (SSSR count). The maximum absolute atomic E-state index is 10.9. The van der Waals surface area contributed by atoms with Crippen LogP contribution < -0.4 is 16.2 Å². The highest BCUT2D eigenvalue weighted by Gasteiger charge is 2.08. The molecule has 20 heavy (non-hydrogen) atoms. The highest BCUT2D eigenvalue weighted by molar-refractivity contribution is 7.85. The minimum atomic E-state index is -4.15. The first-order chi connectivity index (χ1) is 9.43. The van der Waals surface area contributed by atoms with Crippen molar-refractivity contribution in [3.63, 3.8) is 0 Å². The van der Waals surface area contributed by atoms with Crippen molar-refractivity contribution in [3.05, 3.63) is 24.3 Å². The molecule has 0 aliphatic heterocycles. The molecule has 1 aromatic rings. The molecule has 0 unspecified atom stereocenters. The molecule has 1 aromatic carbocycles. The molecule has 0 aliphatic rings. The van der Waals surface area contributed by atoms with Crippen molar-refractivity contribution >= 4 is 33.1 Å². The number of unbranched alkanes of at least 4 members (excludes halogenated alkanes) is 2. The third kappa shape index (κ3) is 6.18. The van der Waals surface area contributed by atoms with E-state index in [4.69, 9.17) is 16.8 Å². The van der Waals surface area contributed by atoms with Crippen molar-refractivity contribution < 1.29 is 13.0 Å². The smallest absolute Gasteiger partial charge is 0.294 e. The second kappa shape index (κ2) is 8.03. The number of anilines is 1. The summed E-state index contributed by atoms with van der Waals surface area (Å²) in [6.45, 7) is 2.94. The Hall–Kier alpha value is -1.38. The van der Waals surface area contributed by atoms with E-state index in [2.05, 4.69) is 23.1 Å². The largest absolute Gasteiger partial charge is 0.361 e. The molecular weight excluding hydrogens is 298 g/mol. The van der Waals surface area contributed by atoms with Crippen LogP contribution in [0.5, 0.6) is 0 Å². The first-order valence-electron chi connectivity index (χ1n) is 6.31. The van der Waals surface area contributed by atoms with E-state index in [-0.39, 0.29) is 4.90 Å². The molecule has 0 atom stereocenters. The third-order valence-electron chi connectivity index (χ3n) is 2.54. The predicted molar refractivity (Wildman–Crippen MR) is 83.1 cm³/mol. The molecule has 0 aliphatic carbocycles. The van der Waals surface area contributed by atoms with Crippen LogP contribution in [0.2, 0.25) is 0 Å². The first kappa shape index (κ1) is 16.7. The Morgan fingerprint density at radius 1 is 1.25 bits per heavy atom. The Balaban J connectivity index is 2.37. The number of hydrogen-bond acceptors (Lipinski definition) is 4. The summed E-state index contributed by atoms with van der Waals surface area (Å²) >= 11 is 5.07. The Bertz CT molecular complexity index is 529. The molecule has 8 heteroatoms. The Labute approximate surface area is 124 Å². The lowest BCUT2D eigenvalue weighted by atomic mass is 10.2. The summed E-state index contributed by atoms with van der Waals surface area (Å²) in [5, 5.41) is 3.52. The van der Waals surface area contributed by atoms with Crippen LogP contribution in [-0.2, 0) is 10.1 Å². The van der Waals surface area contributed by atoms with Crippen molar-refractivity contribution in [2.75, 3.05) is 12.0 Å². The van der Waals surface area contributed by atoms with Crippen LogP contribution in [0.25, 0.3) is 0 Å². The zero-order valence-electron chi connectivity index (χ0n) is 11.2. The van der Waals surface area contributed by atoms with Gasteiger partial charge >= 0.3 is 0 Å². The molecule has 112 valence electrons. The van der Waals surface area contributed by atoms with Gasteiger partial charge in [0.25, 0.3) is 10.1 Å². The predicted octanol–water partition coefficient (Wildman–Crippen LogP) is 1.91. The molecule has 0 heterocycles. The van der Waals surface area contributed by atoms with Crippen molar-refractivity contribution in [2.45, 2.75) is 31.1 Å². The van der Waals surface area contributed by atoms with Gasteiger partial charge in [0.1, 0.15) is 0 Å². The quantitative estimate of drug-likeness (QED) is 0.264. The maximum Gasteiger partial charge on any atom is 0.294 e. The number of benzene rings is 1. The molecule has 0 aromatic heterocycles. The monoisotopic (exact) mass is 317 g/mol. The fraction of sp³-hybridized carbons (Fsp3) is 0.417. The highest BCUT2D eigenvalue weighted by atomic mass is 32.2. The first-order valence-corrected chi connectivity index (χ1v) is 8.15. The summed E-state index contributed by atoms with van der Waals surface area (Å²) in [5.74, 6) is 0. The summed E-state index contributed by atoms with van der Waals surface area (Å²) in [4.78, 5) is -0.150. The molecular formula is C12H19N3O3S2. The molecule has 0 bridgehead atoms. The fourth-order valence-corrected chi connectivity index (χ4v) is 2.09. The SMILES string of the molecule is CCCCCNC(=S)NNc1ccc(S(=O)(=O)O)cc1. The second-order valence-corrected chi connectivity index (χ2v) is 6.04. The van der Waals surface area contributed by atoms with Crippen LogP contribution in [0.4, 0.5) is 5.69 Å². The van der Waals surface area contributed by atoms with E-state index < -0.39 is 10.1 Å². The number of thiocarbonyl (C=S) groups is 1.